The Hall–Kier alpha value is -1.15. The van der Waals surface area contributed by atoms with E-state index in [1.54, 1.807) is 0 Å². The molecule has 48 heavy (non-hydrogen) atoms. The molecule has 0 aromatic carbocycles. The van der Waals surface area contributed by atoms with Crippen LogP contribution in [-0.4, -0.2) is 99.7 Å². The Balaban J connectivity index is 1.06. The van der Waals surface area contributed by atoms with E-state index >= 15 is 0 Å². The monoisotopic (exact) mass is 674 g/mol. The Morgan fingerprint density at radius 3 is 2.38 bits per heavy atom. The van der Waals surface area contributed by atoms with Gasteiger partial charge in [0.1, 0.15) is 36.1 Å². The van der Waals surface area contributed by atoms with Crippen LogP contribution in [0, 0.1) is 44.8 Å². The highest BCUT2D eigenvalue weighted by molar-refractivity contribution is 5.66. The fraction of sp³-hybridized carbons (Fsp3) is 0.919. The van der Waals surface area contributed by atoms with E-state index in [-0.39, 0.29) is 75.9 Å². The summed E-state index contributed by atoms with van der Waals surface area (Å²) in [6.07, 6.45) is 1.68. The number of carbonyl (C=O) groups excluding carboxylic acids is 1. The SMILES string of the molecule is CC(=O)O[C@@H]1C[C@@]23C[C@@]24CC[C@H](O[C@@H]2OC[C@@H](O)[C@H](O)[C@H]2O)C(C)(C)[C@@H]4CC=C3[C@]2(C)C[C@@H]3O[C@]4(C[C@@H](C)[C@@H]3[C@@]12C)O[C@@H](O)[C@@]1(C)O[C@@H]41. The number of esters is 1. The summed E-state index contributed by atoms with van der Waals surface area (Å²) in [5, 5.41) is 41.7. The van der Waals surface area contributed by atoms with Crippen LogP contribution >= 0.6 is 0 Å². The molecule has 11 nitrogen and oxygen atoms in total. The summed E-state index contributed by atoms with van der Waals surface area (Å²) in [4.78, 5) is 12.9. The highest BCUT2D eigenvalue weighted by atomic mass is 16.8. The summed E-state index contributed by atoms with van der Waals surface area (Å²) >= 11 is 0. The van der Waals surface area contributed by atoms with Gasteiger partial charge in [-0.05, 0) is 74.0 Å². The van der Waals surface area contributed by atoms with Crippen molar-refractivity contribution in [3.8, 4) is 0 Å². The van der Waals surface area contributed by atoms with Crippen LogP contribution in [0.4, 0.5) is 0 Å². The van der Waals surface area contributed by atoms with E-state index in [0.29, 0.717) is 12.3 Å². The van der Waals surface area contributed by atoms with Gasteiger partial charge in [-0.2, -0.15) is 0 Å². The molecule has 3 spiro atoms. The first-order chi connectivity index (χ1) is 22.4. The first-order valence-electron chi connectivity index (χ1n) is 18.3. The molecule has 4 N–H and O–H groups in total. The van der Waals surface area contributed by atoms with Gasteiger partial charge in [0.25, 0.3) is 0 Å². The molecule has 11 heteroatoms. The number of hydrogen-bond donors (Lipinski definition) is 4. The summed E-state index contributed by atoms with van der Waals surface area (Å²) < 4.78 is 37.8. The van der Waals surface area contributed by atoms with Crippen LogP contribution in [0.2, 0.25) is 0 Å². The molecule has 268 valence electrons. The molecule has 4 saturated heterocycles. The second-order valence-corrected chi connectivity index (χ2v) is 18.5. The van der Waals surface area contributed by atoms with Crippen molar-refractivity contribution >= 4 is 5.97 Å². The molecule has 8 fully saturated rings. The van der Waals surface area contributed by atoms with Gasteiger partial charge in [0.2, 0.25) is 5.79 Å². The van der Waals surface area contributed by atoms with E-state index in [1.807, 2.05) is 6.92 Å². The predicted octanol–water partition coefficient (Wildman–Crippen LogP) is 2.95. The van der Waals surface area contributed by atoms with Crippen molar-refractivity contribution in [2.75, 3.05) is 6.61 Å². The van der Waals surface area contributed by atoms with Gasteiger partial charge in [-0.25, -0.2) is 0 Å². The van der Waals surface area contributed by atoms with Gasteiger partial charge in [0.05, 0.1) is 18.8 Å². The van der Waals surface area contributed by atoms with E-state index in [9.17, 15) is 25.2 Å². The van der Waals surface area contributed by atoms with Crippen molar-refractivity contribution in [2.24, 2.45) is 44.8 Å². The zero-order valence-corrected chi connectivity index (χ0v) is 29.3. The summed E-state index contributed by atoms with van der Waals surface area (Å²) in [5.41, 5.74) is -0.191. The largest absolute Gasteiger partial charge is 0.462 e. The second kappa shape index (κ2) is 9.63. The standard InChI is InChI=1S/C37H54O11/c1-17-12-37(29-34(7,47-29)30(42)48-37)46-20-13-32(5)22-9-8-21-31(3,4)23(45-28-27(41)26(40)19(39)15-43-28)10-11-35(21)16-36(22,35)14-24(44-18(2)38)33(32,6)25(17)20/h9,17,19-21,23-30,39-42H,8,10-16H2,1-7H3/t17-,19-,20+,21+,23+,24-,25+,26+,27-,28+,29-,30-,32+,33-,34+,35-,36+,37-/m1/s1. The molecule has 4 saturated carbocycles. The molecular formula is C37H54O11. The Morgan fingerprint density at radius 2 is 1.71 bits per heavy atom. The van der Waals surface area contributed by atoms with Gasteiger partial charge in [0.15, 0.2) is 12.6 Å². The van der Waals surface area contributed by atoms with Crippen molar-refractivity contribution in [3.05, 3.63) is 11.6 Å². The minimum Gasteiger partial charge on any atom is -0.462 e. The fourth-order valence-corrected chi connectivity index (χ4v) is 13.8. The van der Waals surface area contributed by atoms with E-state index in [1.165, 1.54) is 12.5 Å². The predicted molar refractivity (Wildman–Crippen MR) is 168 cm³/mol. The van der Waals surface area contributed by atoms with Crippen LogP contribution in [0.3, 0.4) is 0 Å². The normalized spacial score (nSPS) is 61.6. The van der Waals surface area contributed by atoms with Crippen molar-refractivity contribution in [1.82, 2.24) is 0 Å². The summed E-state index contributed by atoms with van der Waals surface area (Å²) in [6, 6.07) is 0. The summed E-state index contributed by atoms with van der Waals surface area (Å²) in [7, 11) is 0. The fourth-order valence-electron chi connectivity index (χ4n) is 13.8. The molecule has 18 atom stereocenters. The first kappa shape index (κ1) is 32.7. The minimum atomic E-state index is -1.32. The van der Waals surface area contributed by atoms with E-state index in [4.69, 9.17) is 28.4 Å². The molecule has 0 amide bonds. The van der Waals surface area contributed by atoms with Gasteiger partial charge >= 0.3 is 5.97 Å². The Morgan fingerprint density at radius 1 is 0.958 bits per heavy atom. The number of hydrogen-bond acceptors (Lipinski definition) is 11. The number of allylic oxidation sites excluding steroid dienone is 2. The maximum Gasteiger partial charge on any atom is 0.302 e. The molecule has 0 unspecified atom stereocenters. The van der Waals surface area contributed by atoms with Gasteiger partial charge in [-0.1, -0.05) is 46.3 Å². The Labute approximate surface area is 282 Å². The van der Waals surface area contributed by atoms with E-state index in [2.05, 4.69) is 40.7 Å². The third kappa shape index (κ3) is 3.69. The smallest absolute Gasteiger partial charge is 0.302 e. The van der Waals surface area contributed by atoms with Gasteiger partial charge in [-0.15, -0.1) is 0 Å². The summed E-state index contributed by atoms with van der Waals surface area (Å²) in [5.74, 6) is -0.600. The molecule has 5 aliphatic carbocycles. The van der Waals surface area contributed by atoms with Crippen LogP contribution in [-0.2, 0) is 33.2 Å². The third-order valence-electron chi connectivity index (χ3n) is 16.1. The topological polar surface area (TPSA) is 157 Å². The maximum atomic E-state index is 12.9. The minimum absolute atomic E-state index is 0.0364. The number of ether oxygens (including phenoxy) is 6. The van der Waals surface area contributed by atoms with Crippen LogP contribution in [0.15, 0.2) is 11.6 Å². The number of fused-ring (bicyclic) bond motifs is 6. The van der Waals surface area contributed by atoms with Crippen LogP contribution < -0.4 is 0 Å². The quantitative estimate of drug-likeness (QED) is 0.198. The van der Waals surface area contributed by atoms with Crippen molar-refractivity contribution in [1.29, 1.82) is 0 Å². The molecule has 0 aromatic rings. The van der Waals surface area contributed by atoms with Gasteiger partial charge in [-0.3, -0.25) is 4.79 Å². The Bertz CT molecular complexity index is 1450. The molecule has 0 bridgehead atoms. The average molecular weight is 675 g/mol. The maximum absolute atomic E-state index is 12.9. The highest BCUT2D eigenvalue weighted by Crippen LogP contribution is 2.88. The zero-order valence-electron chi connectivity index (χ0n) is 29.3. The third-order valence-corrected chi connectivity index (χ3v) is 16.1. The molecule has 9 rings (SSSR count). The number of carbonyl (C=O) groups is 1. The van der Waals surface area contributed by atoms with Crippen LogP contribution in [0.1, 0.15) is 93.4 Å². The first-order valence-corrected chi connectivity index (χ1v) is 18.3. The number of rotatable bonds is 3. The average Bonchev–Trinajstić information content (AvgIpc) is 3.84. The van der Waals surface area contributed by atoms with E-state index < -0.39 is 42.3 Å². The van der Waals surface area contributed by atoms with Gasteiger partial charge < -0.3 is 48.8 Å². The number of aliphatic hydroxyl groups excluding tert-OH is 4. The van der Waals surface area contributed by atoms with Crippen LogP contribution in [0.25, 0.3) is 0 Å². The van der Waals surface area contributed by atoms with Gasteiger partial charge in [0, 0.05) is 29.6 Å². The van der Waals surface area contributed by atoms with Crippen molar-refractivity contribution in [2.45, 2.75) is 160 Å². The number of aliphatic hydroxyl groups is 4. The Kier molecular flexibility index (Phi) is 6.57. The van der Waals surface area contributed by atoms with Crippen molar-refractivity contribution < 1.29 is 53.6 Å². The van der Waals surface area contributed by atoms with Crippen molar-refractivity contribution in [3.63, 3.8) is 0 Å². The lowest BCUT2D eigenvalue weighted by atomic mass is 9.44. The second-order valence-electron chi connectivity index (χ2n) is 18.5. The lowest BCUT2D eigenvalue weighted by molar-refractivity contribution is -0.345. The molecular weight excluding hydrogens is 620 g/mol. The highest BCUT2D eigenvalue weighted by Gasteiger charge is 2.85. The lowest BCUT2D eigenvalue weighted by Crippen LogP contribution is -2.61. The van der Waals surface area contributed by atoms with Crippen LogP contribution in [0.5, 0.6) is 0 Å². The summed E-state index contributed by atoms with van der Waals surface area (Å²) in [6.45, 7) is 14.9. The van der Waals surface area contributed by atoms with E-state index in [0.717, 1.165) is 38.5 Å². The molecule has 0 aromatic heterocycles. The molecule has 4 aliphatic heterocycles. The zero-order chi connectivity index (χ0) is 34.2. The molecule has 4 heterocycles. The molecule has 0 radical (unpaired) electrons. The molecule has 9 aliphatic rings. The lowest BCUT2D eigenvalue weighted by Gasteiger charge is -2.62. The number of epoxide rings is 1.